The molecule has 0 aliphatic carbocycles. The largest absolute Gasteiger partial charge is 0.478 e. The van der Waals surface area contributed by atoms with Gasteiger partial charge < -0.3 is 16.2 Å². The third kappa shape index (κ3) is 3.11. The second-order valence-electron chi connectivity index (χ2n) is 5.32. The van der Waals surface area contributed by atoms with Gasteiger partial charge in [-0.25, -0.2) is 4.79 Å². The summed E-state index contributed by atoms with van der Waals surface area (Å²) < 4.78 is 0. The molecule has 2 aromatic rings. The molecule has 1 aromatic heterocycles. The van der Waals surface area contributed by atoms with Gasteiger partial charge in [-0.2, -0.15) is 0 Å². The van der Waals surface area contributed by atoms with E-state index in [4.69, 9.17) is 5.73 Å². The van der Waals surface area contributed by atoms with Crippen LogP contribution in [0.1, 0.15) is 29.1 Å². The number of rotatable bonds is 5. The average Bonchev–Trinajstić information content (AvgIpc) is 2.91. The second-order valence-corrected chi connectivity index (χ2v) is 6.27. The molecule has 0 radical (unpaired) electrons. The molecular formula is C15H18N2O2S. The van der Waals surface area contributed by atoms with Crippen molar-refractivity contribution < 1.29 is 9.90 Å². The van der Waals surface area contributed by atoms with Crippen molar-refractivity contribution in [2.75, 3.05) is 17.6 Å². The molecular weight excluding hydrogens is 272 g/mol. The van der Waals surface area contributed by atoms with Gasteiger partial charge in [0, 0.05) is 28.2 Å². The molecule has 5 heteroatoms. The number of carboxylic acids is 1. The Hall–Kier alpha value is -2.01. The molecule has 4 N–H and O–H groups in total. The highest BCUT2D eigenvalue weighted by Crippen LogP contribution is 2.28. The highest BCUT2D eigenvalue weighted by atomic mass is 32.1. The molecule has 0 saturated heterocycles. The van der Waals surface area contributed by atoms with E-state index in [9.17, 15) is 9.90 Å². The van der Waals surface area contributed by atoms with Crippen LogP contribution in [0.5, 0.6) is 0 Å². The van der Waals surface area contributed by atoms with Gasteiger partial charge in [0.05, 0.1) is 5.56 Å². The lowest BCUT2D eigenvalue weighted by molar-refractivity contribution is 0.0698. The van der Waals surface area contributed by atoms with Gasteiger partial charge in [0.25, 0.3) is 0 Å². The Kier molecular flexibility index (Phi) is 3.99. The van der Waals surface area contributed by atoms with E-state index in [1.54, 1.807) is 23.5 Å². The van der Waals surface area contributed by atoms with Crippen LogP contribution in [-0.2, 0) is 5.41 Å². The predicted octanol–water partition coefficient (Wildman–Crippen LogP) is 3.42. The highest BCUT2D eigenvalue weighted by Gasteiger charge is 2.22. The Balaban J connectivity index is 2.17. The average molecular weight is 290 g/mol. The van der Waals surface area contributed by atoms with E-state index in [-0.39, 0.29) is 11.0 Å². The molecule has 0 aliphatic heterocycles. The standard InChI is InChI=1S/C15H18N2O2S/c1-15(2,13-4-3-7-20-13)9-17-12-6-5-10(16)8-11(12)14(18)19/h3-8,17H,9,16H2,1-2H3,(H,18,19). The summed E-state index contributed by atoms with van der Waals surface area (Å²) in [6.45, 7) is 4.91. The maximum atomic E-state index is 11.2. The minimum atomic E-state index is -0.978. The van der Waals surface area contributed by atoms with E-state index in [0.29, 0.717) is 17.9 Å². The number of nitrogens with two attached hydrogens (primary N) is 1. The number of nitrogens with one attached hydrogen (secondary N) is 1. The van der Waals surface area contributed by atoms with Crippen LogP contribution in [-0.4, -0.2) is 17.6 Å². The van der Waals surface area contributed by atoms with Gasteiger partial charge in [-0.1, -0.05) is 19.9 Å². The van der Waals surface area contributed by atoms with E-state index >= 15 is 0 Å². The molecule has 0 atom stereocenters. The van der Waals surface area contributed by atoms with E-state index in [2.05, 4.69) is 25.2 Å². The van der Waals surface area contributed by atoms with Crippen LogP contribution < -0.4 is 11.1 Å². The fraction of sp³-hybridized carbons (Fsp3) is 0.267. The quantitative estimate of drug-likeness (QED) is 0.738. The first-order chi connectivity index (χ1) is 9.40. The van der Waals surface area contributed by atoms with Gasteiger partial charge in [0.15, 0.2) is 0 Å². The maximum Gasteiger partial charge on any atom is 0.337 e. The number of anilines is 2. The second kappa shape index (κ2) is 5.54. The first kappa shape index (κ1) is 14.4. The molecule has 0 bridgehead atoms. The van der Waals surface area contributed by atoms with Gasteiger partial charge in [-0.05, 0) is 29.6 Å². The van der Waals surface area contributed by atoms with Gasteiger partial charge >= 0.3 is 5.97 Å². The number of nitrogen functional groups attached to an aromatic ring is 1. The molecule has 0 unspecified atom stereocenters. The molecule has 2 rings (SSSR count). The highest BCUT2D eigenvalue weighted by molar-refractivity contribution is 7.10. The van der Waals surface area contributed by atoms with Crippen molar-refractivity contribution in [3.8, 4) is 0 Å². The smallest absolute Gasteiger partial charge is 0.337 e. The predicted molar refractivity (Wildman–Crippen MR) is 83.6 cm³/mol. The van der Waals surface area contributed by atoms with Crippen LogP contribution in [0.3, 0.4) is 0 Å². The molecule has 1 aromatic carbocycles. The van der Waals surface area contributed by atoms with Crippen molar-refractivity contribution >= 4 is 28.7 Å². The van der Waals surface area contributed by atoms with Crippen LogP contribution >= 0.6 is 11.3 Å². The molecule has 20 heavy (non-hydrogen) atoms. The van der Waals surface area contributed by atoms with Gasteiger partial charge in [-0.3, -0.25) is 0 Å². The molecule has 0 aliphatic rings. The number of thiophene rings is 1. The van der Waals surface area contributed by atoms with E-state index in [1.807, 2.05) is 11.4 Å². The Labute approximate surface area is 122 Å². The molecule has 0 amide bonds. The summed E-state index contributed by atoms with van der Waals surface area (Å²) in [5, 5.41) is 14.5. The Morgan fingerprint density at radius 3 is 2.75 bits per heavy atom. The van der Waals surface area contributed by atoms with Crippen molar-refractivity contribution in [3.63, 3.8) is 0 Å². The van der Waals surface area contributed by atoms with E-state index < -0.39 is 5.97 Å². The maximum absolute atomic E-state index is 11.2. The fourth-order valence-electron chi connectivity index (χ4n) is 1.96. The number of hydrogen-bond acceptors (Lipinski definition) is 4. The summed E-state index contributed by atoms with van der Waals surface area (Å²) in [6.07, 6.45) is 0. The number of benzene rings is 1. The van der Waals surface area contributed by atoms with Crippen LogP contribution in [0, 0.1) is 0 Å². The van der Waals surface area contributed by atoms with Crippen LogP contribution in [0.2, 0.25) is 0 Å². The monoisotopic (exact) mass is 290 g/mol. The summed E-state index contributed by atoms with van der Waals surface area (Å²) in [4.78, 5) is 12.5. The van der Waals surface area contributed by atoms with Crippen LogP contribution in [0.4, 0.5) is 11.4 Å². The zero-order valence-electron chi connectivity index (χ0n) is 11.5. The van der Waals surface area contributed by atoms with Gasteiger partial charge in [0.2, 0.25) is 0 Å². The zero-order chi connectivity index (χ0) is 14.8. The lowest BCUT2D eigenvalue weighted by Gasteiger charge is -2.25. The molecule has 0 spiro atoms. The summed E-state index contributed by atoms with van der Waals surface area (Å²) in [6, 6.07) is 9.00. The summed E-state index contributed by atoms with van der Waals surface area (Å²) in [7, 11) is 0. The third-order valence-corrected chi connectivity index (χ3v) is 4.42. The lowest BCUT2D eigenvalue weighted by Crippen LogP contribution is -2.27. The summed E-state index contributed by atoms with van der Waals surface area (Å²) in [5.41, 5.74) is 6.82. The molecule has 0 saturated carbocycles. The Morgan fingerprint density at radius 1 is 1.40 bits per heavy atom. The fourth-order valence-corrected chi connectivity index (χ4v) is 2.81. The van der Waals surface area contributed by atoms with Crippen LogP contribution in [0.15, 0.2) is 35.7 Å². The van der Waals surface area contributed by atoms with Crippen molar-refractivity contribution in [1.29, 1.82) is 0 Å². The topological polar surface area (TPSA) is 75.3 Å². The zero-order valence-corrected chi connectivity index (χ0v) is 12.3. The lowest BCUT2D eigenvalue weighted by atomic mass is 9.91. The number of aromatic carboxylic acids is 1. The molecule has 4 nitrogen and oxygen atoms in total. The van der Waals surface area contributed by atoms with Crippen molar-refractivity contribution in [2.45, 2.75) is 19.3 Å². The minimum absolute atomic E-state index is 0.0642. The first-order valence-electron chi connectivity index (χ1n) is 6.31. The molecule has 106 valence electrons. The summed E-state index contributed by atoms with van der Waals surface area (Å²) in [5.74, 6) is -0.978. The first-order valence-corrected chi connectivity index (χ1v) is 7.19. The molecule has 0 fully saturated rings. The van der Waals surface area contributed by atoms with Crippen LogP contribution in [0.25, 0.3) is 0 Å². The SMILES string of the molecule is CC(C)(CNc1ccc(N)cc1C(=O)O)c1cccs1. The van der Waals surface area contributed by atoms with Gasteiger partial charge in [0.1, 0.15) is 0 Å². The normalized spacial score (nSPS) is 11.3. The molecule has 1 heterocycles. The van der Waals surface area contributed by atoms with Crippen molar-refractivity contribution in [3.05, 3.63) is 46.2 Å². The van der Waals surface area contributed by atoms with Crippen molar-refractivity contribution in [2.24, 2.45) is 0 Å². The minimum Gasteiger partial charge on any atom is -0.478 e. The van der Waals surface area contributed by atoms with Gasteiger partial charge in [-0.15, -0.1) is 11.3 Å². The van der Waals surface area contributed by atoms with E-state index in [0.717, 1.165) is 0 Å². The number of carboxylic acid groups (broad SMARTS) is 1. The Bertz CT molecular complexity index is 606. The number of hydrogen-bond donors (Lipinski definition) is 3. The van der Waals surface area contributed by atoms with E-state index in [1.165, 1.54) is 10.9 Å². The summed E-state index contributed by atoms with van der Waals surface area (Å²) >= 11 is 1.70. The third-order valence-electron chi connectivity index (χ3n) is 3.18. The number of carbonyl (C=O) groups is 1. The Morgan fingerprint density at radius 2 is 2.15 bits per heavy atom. The van der Waals surface area contributed by atoms with Crippen molar-refractivity contribution in [1.82, 2.24) is 0 Å².